The zero-order valence-corrected chi connectivity index (χ0v) is 11.4. The van der Waals surface area contributed by atoms with Crippen LogP contribution in [0, 0.1) is 5.92 Å². The third-order valence-electron chi connectivity index (χ3n) is 2.40. The van der Waals surface area contributed by atoms with E-state index in [4.69, 9.17) is 4.43 Å². The predicted octanol–water partition coefficient (Wildman–Crippen LogP) is 2.10. The molecule has 0 aromatic heterocycles. The van der Waals surface area contributed by atoms with Gasteiger partial charge < -0.3 is 9.16 Å². The molecule has 0 atom stereocenters. The van der Waals surface area contributed by atoms with Crippen molar-refractivity contribution >= 4 is 20.3 Å². The van der Waals surface area contributed by atoms with E-state index in [0.717, 1.165) is 6.04 Å². The summed E-state index contributed by atoms with van der Waals surface area (Å²) in [5, 5.41) is 0. The van der Waals surface area contributed by atoms with Crippen LogP contribution in [0.15, 0.2) is 0 Å². The number of rotatable bonds is 4. The van der Waals surface area contributed by atoms with Crippen molar-refractivity contribution in [1.82, 2.24) is 0 Å². The van der Waals surface area contributed by atoms with E-state index in [1.807, 2.05) is 0 Å². The van der Waals surface area contributed by atoms with E-state index in [2.05, 4.69) is 31.7 Å². The fourth-order valence-corrected chi connectivity index (χ4v) is 5.35. The molecule has 0 radical (unpaired) electrons. The van der Waals surface area contributed by atoms with Crippen molar-refractivity contribution in [3.8, 4) is 0 Å². The molecule has 1 rings (SSSR count). The molecule has 92 valence electrons. The molecule has 16 heavy (non-hydrogen) atoms. The van der Waals surface area contributed by atoms with E-state index in [1.165, 1.54) is 0 Å². The Morgan fingerprint density at radius 2 is 1.81 bits per heavy atom. The predicted molar refractivity (Wildman–Crippen MR) is 62.3 cm³/mol. The normalized spacial score (nSPS) is 19.1. The number of ether oxygens (including phenoxy) is 1. The lowest BCUT2D eigenvalue weighted by Gasteiger charge is -2.31. The summed E-state index contributed by atoms with van der Waals surface area (Å²) in [4.78, 5) is 22.2. The van der Waals surface area contributed by atoms with Crippen molar-refractivity contribution in [3.05, 3.63) is 0 Å². The molecule has 1 saturated heterocycles. The standard InChI is InChI=1S/C11H20O4Si/c1-8(2)7-16(3,4)15-9-5-10(12)14-11(13)6-9/h8-9H,5-7H2,1-4H3. The first-order valence-electron chi connectivity index (χ1n) is 5.70. The van der Waals surface area contributed by atoms with Crippen LogP contribution in [0.5, 0.6) is 0 Å². The van der Waals surface area contributed by atoms with Crippen molar-refractivity contribution < 1.29 is 18.8 Å². The summed E-state index contributed by atoms with van der Waals surface area (Å²) in [6, 6.07) is 1.03. The molecule has 4 nitrogen and oxygen atoms in total. The van der Waals surface area contributed by atoms with Gasteiger partial charge in [-0.1, -0.05) is 13.8 Å². The van der Waals surface area contributed by atoms with Crippen LogP contribution in [0.4, 0.5) is 0 Å². The molecular formula is C11H20O4Si. The molecule has 0 N–H and O–H groups in total. The lowest BCUT2D eigenvalue weighted by molar-refractivity contribution is -0.167. The maximum atomic E-state index is 11.1. The summed E-state index contributed by atoms with van der Waals surface area (Å²) in [6.07, 6.45) is 0.148. The first kappa shape index (κ1) is 13.4. The topological polar surface area (TPSA) is 52.6 Å². The van der Waals surface area contributed by atoms with Crippen LogP contribution in [0.3, 0.4) is 0 Å². The van der Waals surface area contributed by atoms with Crippen molar-refractivity contribution in [2.24, 2.45) is 5.92 Å². The second-order valence-corrected chi connectivity index (χ2v) is 9.52. The maximum absolute atomic E-state index is 11.1. The van der Waals surface area contributed by atoms with Crippen LogP contribution in [0.1, 0.15) is 26.7 Å². The van der Waals surface area contributed by atoms with Gasteiger partial charge >= 0.3 is 11.9 Å². The molecule has 0 amide bonds. The Balaban J connectivity index is 2.52. The Bertz CT molecular complexity index is 270. The molecule has 0 unspecified atom stereocenters. The molecule has 0 spiro atoms. The summed E-state index contributed by atoms with van der Waals surface area (Å²) >= 11 is 0. The maximum Gasteiger partial charge on any atom is 0.316 e. The van der Waals surface area contributed by atoms with Crippen molar-refractivity contribution in [2.75, 3.05) is 0 Å². The largest absolute Gasteiger partial charge is 0.413 e. The van der Waals surface area contributed by atoms with Gasteiger partial charge in [-0.2, -0.15) is 0 Å². The number of cyclic esters (lactones) is 2. The van der Waals surface area contributed by atoms with Gasteiger partial charge in [-0.05, 0) is 25.1 Å². The van der Waals surface area contributed by atoms with Gasteiger partial charge in [0.15, 0.2) is 8.32 Å². The Kier molecular flexibility index (Phi) is 4.26. The minimum absolute atomic E-state index is 0.209. The highest BCUT2D eigenvalue weighted by atomic mass is 28.4. The number of hydrogen-bond donors (Lipinski definition) is 0. The fourth-order valence-electron chi connectivity index (χ4n) is 2.22. The highest BCUT2D eigenvalue weighted by Gasteiger charge is 2.33. The number of carbonyl (C=O) groups is 2. The zero-order valence-electron chi connectivity index (χ0n) is 10.4. The SMILES string of the molecule is CC(C)C[Si](C)(C)OC1CC(=O)OC(=O)C1. The number of esters is 2. The van der Waals surface area contributed by atoms with Crippen LogP contribution in [-0.4, -0.2) is 26.4 Å². The van der Waals surface area contributed by atoms with E-state index in [0.29, 0.717) is 5.92 Å². The van der Waals surface area contributed by atoms with Crippen LogP contribution < -0.4 is 0 Å². The summed E-state index contributed by atoms with van der Waals surface area (Å²) < 4.78 is 10.4. The van der Waals surface area contributed by atoms with E-state index in [-0.39, 0.29) is 18.9 Å². The van der Waals surface area contributed by atoms with Crippen LogP contribution in [0.25, 0.3) is 0 Å². The molecule has 1 aliphatic rings. The molecule has 1 heterocycles. The Labute approximate surface area is 97.4 Å². The molecular weight excluding hydrogens is 224 g/mol. The Morgan fingerprint density at radius 3 is 2.25 bits per heavy atom. The zero-order chi connectivity index (χ0) is 12.3. The third-order valence-corrected chi connectivity index (χ3v) is 5.17. The summed E-state index contributed by atoms with van der Waals surface area (Å²) in [7, 11) is -1.77. The molecule has 0 bridgehead atoms. The van der Waals surface area contributed by atoms with Crippen molar-refractivity contribution in [1.29, 1.82) is 0 Å². The summed E-state index contributed by atoms with van der Waals surface area (Å²) in [6.45, 7) is 8.55. The molecule has 0 aromatic carbocycles. The van der Waals surface area contributed by atoms with Crippen molar-refractivity contribution in [3.63, 3.8) is 0 Å². The third kappa shape index (κ3) is 4.45. The second-order valence-electron chi connectivity index (χ2n) is 5.35. The van der Waals surface area contributed by atoms with E-state index in [1.54, 1.807) is 0 Å². The first-order chi connectivity index (χ1) is 7.28. The van der Waals surface area contributed by atoms with E-state index in [9.17, 15) is 9.59 Å². The monoisotopic (exact) mass is 244 g/mol. The quantitative estimate of drug-likeness (QED) is 0.432. The smallest absolute Gasteiger partial charge is 0.316 e. The van der Waals surface area contributed by atoms with E-state index < -0.39 is 20.3 Å². The second kappa shape index (κ2) is 5.10. The van der Waals surface area contributed by atoms with Crippen LogP contribution in [0.2, 0.25) is 19.1 Å². The minimum Gasteiger partial charge on any atom is -0.413 e. The van der Waals surface area contributed by atoms with Crippen molar-refractivity contribution in [2.45, 2.75) is 51.9 Å². The fraction of sp³-hybridized carbons (Fsp3) is 0.818. The Morgan fingerprint density at radius 1 is 1.31 bits per heavy atom. The number of hydrogen-bond acceptors (Lipinski definition) is 4. The summed E-state index contributed by atoms with van der Waals surface area (Å²) in [5.74, 6) is -0.348. The lowest BCUT2D eigenvalue weighted by atomic mass is 10.1. The molecule has 0 aliphatic carbocycles. The summed E-state index contributed by atoms with van der Waals surface area (Å²) in [5.41, 5.74) is 0. The van der Waals surface area contributed by atoms with Gasteiger partial charge in [0, 0.05) is 0 Å². The average molecular weight is 244 g/mol. The van der Waals surface area contributed by atoms with Gasteiger partial charge in [0.1, 0.15) is 0 Å². The highest BCUT2D eigenvalue weighted by molar-refractivity contribution is 6.71. The first-order valence-corrected chi connectivity index (χ1v) is 8.81. The molecule has 0 aromatic rings. The van der Waals surface area contributed by atoms with Gasteiger partial charge in [-0.25, -0.2) is 0 Å². The van der Waals surface area contributed by atoms with Gasteiger partial charge in [0.05, 0.1) is 18.9 Å². The van der Waals surface area contributed by atoms with Gasteiger partial charge in [-0.15, -0.1) is 0 Å². The Hall–Kier alpha value is -0.683. The minimum atomic E-state index is -1.77. The van der Waals surface area contributed by atoms with Gasteiger partial charge in [0.25, 0.3) is 0 Å². The van der Waals surface area contributed by atoms with Gasteiger partial charge in [-0.3, -0.25) is 9.59 Å². The highest BCUT2D eigenvalue weighted by Crippen LogP contribution is 2.23. The molecule has 0 saturated carbocycles. The van der Waals surface area contributed by atoms with Crippen LogP contribution in [-0.2, 0) is 18.8 Å². The van der Waals surface area contributed by atoms with Crippen LogP contribution >= 0.6 is 0 Å². The molecule has 5 heteroatoms. The molecule has 1 aliphatic heterocycles. The average Bonchev–Trinajstić information content (AvgIpc) is 1.95. The number of carbonyl (C=O) groups excluding carboxylic acids is 2. The lowest BCUT2D eigenvalue weighted by Crippen LogP contribution is -2.41. The van der Waals surface area contributed by atoms with E-state index >= 15 is 0 Å². The van der Waals surface area contributed by atoms with Gasteiger partial charge in [0.2, 0.25) is 0 Å². The molecule has 1 fully saturated rings.